The predicted octanol–water partition coefficient (Wildman–Crippen LogP) is 35.1. The van der Waals surface area contributed by atoms with Gasteiger partial charge in [0.05, 0.1) is 49.8 Å². The molecule has 9 saturated carbocycles. The Kier molecular flexibility index (Phi) is 59.3. The fraction of sp³-hybridized carbons (Fsp3) is 0.829. The van der Waals surface area contributed by atoms with Gasteiger partial charge in [0.15, 0.2) is 0 Å². The van der Waals surface area contributed by atoms with Crippen LogP contribution in [0.3, 0.4) is 0 Å². The first kappa shape index (κ1) is 115. The largest absolute Gasteiger partial charge is 0.494 e. The molecule has 0 saturated heterocycles. The monoisotopic (exact) mass is 1920 g/mol. The Labute approximate surface area is 842 Å². The van der Waals surface area contributed by atoms with Crippen LogP contribution < -0.4 is 9.47 Å². The molecule has 0 aliphatic heterocycles. The van der Waals surface area contributed by atoms with Crippen LogP contribution in [-0.2, 0) is 66.0 Å². The molecule has 0 aromatic heterocycles. The third kappa shape index (κ3) is 47.7. The summed E-state index contributed by atoms with van der Waals surface area (Å²) in [6, 6.07) is 21.9. The molecular formula is C123H203FO14. The summed E-state index contributed by atoms with van der Waals surface area (Å²) in [5.41, 5.74) is 3.19. The second-order valence-electron chi connectivity index (χ2n) is 45.5. The average Bonchev–Trinajstić information content (AvgIpc) is 0.854. The lowest BCUT2D eigenvalue weighted by molar-refractivity contribution is -0.338. The van der Waals surface area contributed by atoms with Crippen molar-refractivity contribution in [2.24, 2.45) is 65.1 Å². The third-order valence-corrected chi connectivity index (χ3v) is 34.4. The van der Waals surface area contributed by atoms with E-state index in [2.05, 4.69) is 83.1 Å². The maximum absolute atomic E-state index is 14.7. The molecule has 3 aromatic carbocycles. The van der Waals surface area contributed by atoms with E-state index in [0.717, 1.165) is 217 Å². The van der Waals surface area contributed by atoms with Crippen molar-refractivity contribution in [3.63, 3.8) is 0 Å². The Morgan fingerprint density at radius 2 is 0.645 bits per heavy atom. The highest BCUT2D eigenvalue weighted by atomic mass is 19.1. The van der Waals surface area contributed by atoms with Crippen molar-refractivity contribution in [1.82, 2.24) is 0 Å². The highest BCUT2D eigenvalue weighted by molar-refractivity contribution is 5.89. The van der Waals surface area contributed by atoms with E-state index in [-0.39, 0.29) is 48.5 Å². The molecule has 9 aliphatic carbocycles. The summed E-state index contributed by atoms with van der Waals surface area (Å²) in [4.78, 5) is 58.6. The first-order chi connectivity index (χ1) is 67.8. The van der Waals surface area contributed by atoms with Crippen molar-refractivity contribution in [3.05, 3.63) is 94.8 Å². The van der Waals surface area contributed by atoms with Gasteiger partial charge >= 0.3 is 17.9 Å². The van der Waals surface area contributed by atoms with Gasteiger partial charge in [0.2, 0.25) is 0 Å². The number of hydrogen-bond donors (Lipinski definition) is 0. The molecule has 0 bridgehead atoms. The predicted molar refractivity (Wildman–Crippen MR) is 562 cm³/mol. The van der Waals surface area contributed by atoms with Gasteiger partial charge in [-0.15, -0.1) is 0 Å². The van der Waals surface area contributed by atoms with Gasteiger partial charge in [-0.2, -0.15) is 0 Å². The number of carbonyl (C=O) groups excluding carboxylic acids is 3. The molecule has 0 spiro atoms. The lowest BCUT2D eigenvalue weighted by Gasteiger charge is -2.37. The summed E-state index contributed by atoms with van der Waals surface area (Å²) in [5, 5.41) is 0. The number of esters is 3. The van der Waals surface area contributed by atoms with Gasteiger partial charge in [0.25, 0.3) is 0 Å². The van der Waals surface area contributed by atoms with E-state index < -0.39 is 11.8 Å². The zero-order valence-electron chi connectivity index (χ0n) is 89.0. The molecule has 12 rings (SSSR count). The van der Waals surface area contributed by atoms with E-state index in [1.54, 1.807) is 6.07 Å². The van der Waals surface area contributed by atoms with Gasteiger partial charge in [0.1, 0.15) is 42.7 Å². The summed E-state index contributed by atoms with van der Waals surface area (Å²) in [6.07, 6.45) is 90.3. The van der Waals surface area contributed by atoms with Gasteiger partial charge in [-0.05, 0) is 336 Å². The van der Waals surface area contributed by atoms with Crippen molar-refractivity contribution in [2.75, 3.05) is 33.0 Å². The molecule has 786 valence electrons. The van der Waals surface area contributed by atoms with E-state index in [9.17, 15) is 18.8 Å². The molecule has 0 amide bonds. The molecule has 138 heavy (non-hydrogen) atoms. The van der Waals surface area contributed by atoms with Gasteiger partial charge in [-0.3, -0.25) is 9.59 Å². The van der Waals surface area contributed by atoms with Crippen LogP contribution in [0.15, 0.2) is 66.7 Å². The van der Waals surface area contributed by atoms with Crippen molar-refractivity contribution >= 4 is 17.9 Å². The van der Waals surface area contributed by atoms with Crippen LogP contribution in [0.2, 0.25) is 0 Å². The van der Waals surface area contributed by atoms with Crippen molar-refractivity contribution < 1.29 is 71.5 Å². The Bertz CT molecular complexity index is 3500. The molecule has 0 N–H and O–H groups in total. The Balaban J connectivity index is 0.000000215. The van der Waals surface area contributed by atoms with Crippen LogP contribution in [0.1, 0.15) is 530 Å². The minimum Gasteiger partial charge on any atom is -0.494 e. The van der Waals surface area contributed by atoms with E-state index in [1.807, 2.05) is 6.92 Å². The maximum atomic E-state index is 14.7. The maximum Gasteiger partial charge on any atom is 0.341 e. The average molecular weight is 1920 g/mol. The van der Waals surface area contributed by atoms with Crippen molar-refractivity contribution in [2.45, 2.75) is 553 Å². The van der Waals surface area contributed by atoms with E-state index in [0.29, 0.717) is 43.8 Å². The highest BCUT2D eigenvalue weighted by Gasteiger charge is 2.36. The van der Waals surface area contributed by atoms with E-state index in [1.165, 1.54) is 358 Å². The molecule has 9 fully saturated rings. The molecule has 0 heterocycles. The first-order valence-electron chi connectivity index (χ1n) is 59.3. The van der Waals surface area contributed by atoms with Crippen LogP contribution in [0.4, 0.5) is 4.39 Å². The summed E-state index contributed by atoms with van der Waals surface area (Å²) in [5.74, 6) is 11.5. The van der Waals surface area contributed by atoms with Gasteiger partial charge < -0.3 is 33.2 Å². The lowest BCUT2D eigenvalue weighted by Crippen LogP contribution is -2.31. The highest BCUT2D eigenvalue weighted by Crippen LogP contribution is 2.46. The zero-order valence-corrected chi connectivity index (χ0v) is 89.0. The molecule has 9 aliphatic rings. The van der Waals surface area contributed by atoms with E-state index in [4.69, 9.17) is 52.7 Å². The normalized spacial score (nSPS) is 26.9. The van der Waals surface area contributed by atoms with Crippen molar-refractivity contribution in [3.8, 4) is 11.5 Å². The molecule has 0 radical (unpaired) electrons. The van der Waals surface area contributed by atoms with Gasteiger partial charge in [-0.25, -0.2) is 28.7 Å². The molecule has 0 unspecified atom stereocenters. The first-order valence-corrected chi connectivity index (χ1v) is 59.3. The number of benzene rings is 3. The van der Waals surface area contributed by atoms with Crippen LogP contribution >= 0.6 is 0 Å². The number of halogens is 1. The quantitative estimate of drug-likeness (QED) is 0.0173. The lowest BCUT2D eigenvalue weighted by atomic mass is 9.69. The minimum atomic E-state index is -0.613. The summed E-state index contributed by atoms with van der Waals surface area (Å²) in [6.45, 7) is 17.8. The number of rotatable bonds is 62. The molecular weight excluding hydrogens is 1720 g/mol. The molecule has 14 nitrogen and oxygen atoms in total. The number of unbranched alkanes of at least 4 members (excludes halogenated alkanes) is 19. The smallest absolute Gasteiger partial charge is 0.341 e. The van der Waals surface area contributed by atoms with Gasteiger partial charge in [0, 0.05) is 26.1 Å². The number of hydrogen-bond acceptors (Lipinski definition) is 14. The third-order valence-electron chi connectivity index (χ3n) is 34.4. The van der Waals surface area contributed by atoms with Crippen LogP contribution in [0, 0.1) is 70.9 Å². The van der Waals surface area contributed by atoms with Crippen LogP contribution in [-0.4, -0.2) is 87.6 Å². The number of ether oxygens (including phenoxy) is 7. The van der Waals surface area contributed by atoms with E-state index >= 15 is 0 Å². The van der Waals surface area contributed by atoms with Gasteiger partial charge in [-0.1, -0.05) is 303 Å². The SMILES string of the molecule is CCCC(=O)OC1CCC(OOCc2ccc(C(=O)OCCCC3CCC(C4CCC(C)CC4)CC3)c(F)c2)CC1.CCCCCCCCCC1CCC(CCCCCCOc2ccc(COOC3CCC(C4CCC(OC(=O)CCCCC)CC4)CC3)cc2)CC1.CCCCCCCOC1CCC(OCCCCCCOc2ccc(C3CCC(CCC4CCC(CCCC)CC4)CC3)cc2)CC1. The standard InChI is InChI=1S/C46H78O5.C43H74O3.C34H51FO6/c1-3-5-7-8-9-10-14-17-38-20-22-39(23-21-38)18-15-11-12-16-36-48-43-30-24-40(25-31-43)37-49-51-45-34-28-42(29-35-45)41-26-32-44(33-27-41)50-46(47)19-13-6-4-2;1-3-5-7-8-11-33-45-42-29-31-43(32-30-42)46-35-13-10-9-12-34-44-41-27-25-40(26-28-41)39-23-21-38(22-24-39)20-19-37-17-15-36(16-18-37)14-6-4-2;1-3-5-33(36)40-29-16-18-30(19-17-29)41-39-23-26-11-20-31(32(35)22-26)34(37)38-21-4-6-25-9-14-28(15-10-25)27-12-7-24(2)8-13-27/h24-25,30-31,38-39,41-42,44-45H,3-23,26-29,32-37H2,1-2H3;25-28,36-39,42-43H,3-24,29-35H2,1-2H3;11,20,22,24-25,27-30H,3-10,12-19,21,23H2,1-2H3. The number of carbonyl (C=O) groups is 3. The molecule has 3 aromatic rings. The Hall–Kier alpha value is -4.64. The summed E-state index contributed by atoms with van der Waals surface area (Å²) >= 11 is 0. The second-order valence-corrected chi connectivity index (χ2v) is 45.5. The van der Waals surface area contributed by atoms with Crippen molar-refractivity contribution in [1.29, 1.82) is 0 Å². The topological polar surface area (TPSA) is 153 Å². The summed E-state index contributed by atoms with van der Waals surface area (Å²) < 4.78 is 55.8. The van der Waals surface area contributed by atoms with Crippen LogP contribution in [0.25, 0.3) is 0 Å². The van der Waals surface area contributed by atoms with Crippen LogP contribution in [0.5, 0.6) is 11.5 Å². The molecule has 15 heteroatoms. The Morgan fingerprint density at radius 1 is 0.297 bits per heavy atom. The molecule has 0 atom stereocenters. The zero-order chi connectivity index (χ0) is 96.9. The second kappa shape index (κ2) is 71.0. The minimum absolute atomic E-state index is 0.00996. The Morgan fingerprint density at radius 3 is 1.12 bits per heavy atom. The fourth-order valence-corrected chi connectivity index (χ4v) is 25.0. The fourth-order valence-electron chi connectivity index (χ4n) is 25.0. The summed E-state index contributed by atoms with van der Waals surface area (Å²) in [7, 11) is 0.